The lowest BCUT2D eigenvalue weighted by Gasteiger charge is -2.23. The standard InChI is InChI=1S/C12H19NO4/c1-12(2,3)17-11(15)13-6-5-9(8-13)7-10(14)16-4/h7H,5-6,8H2,1-4H3. The van der Waals surface area contributed by atoms with Crippen molar-refractivity contribution in [2.75, 3.05) is 20.2 Å². The predicted molar refractivity (Wildman–Crippen MR) is 62.5 cm³/mol. The van der Waals surface area contributed by atoms with E-state index in [2.05, 4.69) is 4.74 Å². The monoisotopic (exact) mass is 241 g/mol. The number of likely N-dealkylation sites (tertiary alicyclic amines) is 1. The van der Waals surface area contributed by atoms with Crippen LogP contribution in [-0.4, -0.2) is 42.8 Å². The lowest BCUT2D eigenvalue weighted by Crippen LogP contribution is -2.34. The second-order valence-electron chi connectivity index (χ2n) is 4.98. The summed E-state index contributed by atoms with van der Waals surface area (Å²) < 4.78 is 9.78. The zero-order chi connectivity index (χ0) is 13.1. The Bertz CT molecular complexity index is 341. The maximum Gasteiger partial charge on any atom is 0.410 e. The fraction of sp³-hybridized carbons (Fsp3) is 0.667. The smallest absolute Gasteiger partial charge is 0.410 e. The molecular weight excluding hydrogens is 222 g/mol. The van der Waals surface area contributed by atoms with Gasteiger partial charge in [0.25, 0.3) is 0 Å². The van der Waals surface area contributed by atoms with Crippen molar-refractivity contribution in [2.45, 2.75) is 32.8 Å². The van der Waals surface area contributed by atoms with Crippen LogP contribution in [0.5, 0.6) is 0 Å². The molecule has 0 aromatic carbocycles. The van der Waals surface area contributed by atoms with Crippen molar-refractivity contribution in [3.05, 3.63) is 11.6 Å². The van der Waals surface area contributed by atoms with Gasteiger partial charge >= 0.3 is 12.1 Å². The van der Waals surface area contributed by atoms with E-state index < -0.39 is 5.60 Å². The van der Waals surface area contributed by atoms with Crippen molar-refractivity contribution >= 4 is 12.1 Å². The van der Waals surface area contributed by atoms with Crippen LogP contribution in [0.3, 0.4) is 0 Å². The Labute approximate surface area is 101 Å². The average Bonchev–Trinajstić information content (AvgIpc) is 2.63. The second-order valence-corrected chi connectivity index (χ2v) is 4.98. The van der Waals surface area contributed by atoms with E-state index >= 15 is 0 Å². The Morgan fingerprint density at radius 2 is 2.00 bits per heavy atom. The quantitative estimate of drug-likeness (QED) is 0.518. The maximum atomic E-state index is 11.7. The molecule has 0 atom stereocenters. The number of hydrogen-bond acceptors (Lipinski definition) is 4. The first-order valence-corrected chi connectivity index (χ1v) is 5.57. The Hall–Kier alpha value is -1.52. The van der Waals surface area contributed by atoms with Crippen LogP contribution in [0.4, 0.5) is 4.79 Å². The van der Waals surface area contributed by atoms with Gasteiger partial charge in [0.1, 0.15) is 5.60 Å². The molecule has 96 valence electrons. The van der Waals surface area contributed by atoms with E-state index in [0.717, 1.165) is 5.57 Å². The van der Waals surface area contributed by atoms with Crippen molar-refractivity contribution in [3.8, 4) is 0 Å². The van der Waals surface area contributed by atoms with Gasteiger partial charge in [-0.25, -0.2) is 9.59 Å². The summed E-state index contributed by atoms with van der Waals surface area (Å²) in [5, 5.41) is 0. The molecule has 1 fully saturated rings. The van der Waals surface area contributed by atoms with E-state index in [1.165, 1.54) is 13.2 Å². The second kappa shape index (κ2) is 5.21. The normalized spacial score (nSPS) is 18.4. The molecule has 0 radical (unpaired) electrons. The summed E-state index contributed by atoms with van der Waals surface area (Å²) in [7, 11) is 1.33. The zero-order valence-electron chi connectivity index (χ0n) is 10.8. The van der Waals surface area contributed by atoms with Crippen LogP contribution >= 0.6 is 0 Å². The van der Waals surface area contributed by atoms with Gasteiger partial charge in [0.2, 0.25) is 0 Å². The number of hydrogen-bond donors (Lipinski definition) is 0. The highest BCUT2D eigenvalue weighted by Crippen LogP contribution is 2.18. The van der Waals surface area contributed by atoms with E-state index in [1.807, 2.05) is 20.8 Å². The number of carbonyl (C=O) groups is 2. The minimum absolute atomic E-state index is 0.342. The molecule has 1 saturated heterocycles. The summed E-state index contributed by atoms with van der Waals surface area (Å²) in [6.45, 7) is 6.49. The summed E-state index contributed by atoms with van der Waals surface area (Å²) in [6.07, 6.45) is 1.78. The third-order valence-electron chi connectivity index (χ3n) is 2.27. The third kappa shape index (κ3) is 4.46. The molecular formula is C12H19NO4. The highest BCUT2D eigenvalue weighted by molar-refractivity contribution is 5.83. The number of rotatable bonds is 1. The minimum atomic E-state index is -0.494. The molecule has 5 heteroatoms. The van der Waals surface area contributed by atoms with Gasteiger partial charge in [-0.05, 0) is 32.8 Å². The number of esters is 1. The molecule has 0 N–H and O–H groups in total. The Morgan fingerprint density at radius 1 is 1.35 bits per heavy atom. The van der Waals surface area contributed by atoms with E-state index in [9.17, 15) is 9.59 Å². The number of nitrogens with zero attached hydrogens (tertiary/aromatic N) is 1. The van der Waals surface area contributed by atoms with Gasteiger partial charge in [0.05, 0.1) is 7.11 Å². The first-order chi connectivity index (χ1) is 7.81. The Morgan fingerprint density at radius 3 is 2.53 bits per heavy atom. The molecule has 0 aliphatic carbocycles. The van der Waals surface area contributed by atoms with Crippen LogP contribution in [0.2, 0.25) is 0 Å². The molecule has 1 rings (SSSR count). The van der Waals surface area contributed by atoms with E-state index in [1.54, 1.807) is 4.90 Å². The van der Waals surface area contributed by atoms with Crippen LogP contribution < -0.4 is 0 Å². The van der Waals surface area contributed by atoms with Gasteiger partial charge in [-0.2, -0.15) is 0 Å². The Kier molecular flexibility index (Phi) is 4.15. The fourth-order valence-corrected chi connectivity index (χ4v) is 1.51. The molecule has 1 aliphatic rings. The van der Waals surface area contributed by atoms with Crippen molar-refractivity contribution < 1.29 is 19.1 Å². The SMILES string of the molecule is COC(=O)C=C1CCN(C(=O)OC(C)(C)C)C1. The highest BCUT2D eigenvalue weighted by atomic mass is 16.6. The molecule has 0 bridgehead atoms. The summed E-state index contributed by atoms with van der Waals surface area (Å²) in [6, 6.07) is 0. The van der Waals surface area contributed by atoms with Crippen LogP contribution in [0, 0.1) is 0 Å². The largest absolute Gasteiger partial charge is 0.466 e. The van der Waals surface area contributed by atoms with Crippen LogP contribution in [0.25, 0.3) is 0 Å². The minimum Gasteiger partial charge on any atom is -0.466 e. The van der Waals surface area contributed by atoms with Gasteiger partial charge in [0, 0.05) is 19.2 Å². The summed E-state index contributed by atoms with van der Waals surface area (Å²) in [4.78, 5) is 24.3. The van der Waals surface area contributed by atoms with E-state index in [0.29, 0.717) is 19.5 Å². The number of amides is 1. The van der Waals surface area contributed by atoms with Gasteiger partial charge < -0.3 is 14.4 Å². The first kappa shape index (κ1) is 13.5. The number of methoxy groups -OCH3 is 1. The molecule has 0 aromatic heterocycles. The van der Waals surface area contributed by atoms with Crippen molar-refractivity contribution in [3.63, 3.8) is 0 Å². The lowest BCUT2D eigenvalue weighted by atomic mass is 10.2. The molecule has 1 aliphatic heterocycles. The van der Waals surface area contributed by atoms with Gasteiger partial charge in [-0.1, -0.05) is 0 Å². The molecule has 17 heavy (non-hydrogen) atoms. The zero-order valence-corrected chi connectivity index (χ0v) is 10.8. The van der Waals surface area contributed by atoms with E-state index in [-0.39, 0.29) is 12.1 Å². The molecule has 0 saturated carbocycles. The van der Waals surface area contributed by atoms with E-state index in [4.69, 9.17) is 4.74 Å². The summed E-state index contributed by atoms with van der Waals surface area (Å²) in [5.41, 5.74) is 0.397. The predicted octanol–water partition coefficient (Wildman–Crippen LogP) is 1.73. The van der Waals surface area contributed by atoms with Crippen LogP contribution in [0.15, 0.2) is 11.6 Å². The van der Waals surface area contributed by atoms with Crippen molar-refractivity contribution in [1.29, 1.82) is 0 Å². The van der Waals surface area contributed by atoms with Crippen molar-refractivity contribution in [2.24, 2.45) is 0 Å². The molecule has 5 nitrogen and oxygen atoms in total. The summed E-state index contributed by atoms with van der Waals surface area (Å²) >= 11 is 0. The van der Waals surface area contributed by atoms with Gasteiger partial charge in [-0.3, -0.25) is 0 Å². The van der Waals surface area contributed by atoms with Gasteiger partial charge in [-0.15, -0.1) is 0 Å². The third-order valence-corrected chi connectivity index (χ3v) is 2.27. The Balaban J connectivity index is 2.53. The molecule has 1 heterocycles. The highest BCUT2D eigenvalue weighted by Gasteiger charge is 2.26. The van der Waals surface area contributed by atoms with Crippen LogP contribution in [-0.2, 0) is 14.3 Å². The first-order valence-electron chi connectivity index (χ1n) is 5.57. The molecule has 0 aromatic rings. The molecule has 0 unspecified atom stereocenters. The van der Waals surface area contributed by atoms with Crippen molar-refractivity contribution in [1.82, 2.24) is 4.90 Å². The number of carbonyl (C=O) groups excluding carboxylic acids is 2. The fourth-order valence-electron chi connectivity index (χ4n) is 1.51. The molecule has 0 spiro atoms. The average molecular weight is 241 g/mol. The summed E-state index contributed by atoms with van der Waals surface area (Å²) in [5.74, 6) is -0.383. The van der Waals surface area contributed by atoms with Crippen LogP contribution in [0.1, 0.15) is 27.2 Å². The van der Waals surface area contributed by atoms with Gasteiger partial charge in [0.15, 0.2) is 0 Å². The topological polar surface area (TPSA) is 55.8 Å². The number of ether oxygens (including phenoxy) is 2. The molecule has 1 amide bonds. The lowest BCUT2D eigenvalue weighted by molar-refractivity contribution is -0.134. The maximum absolute atomic E-state index is 11.7.